The molecule has 66 valence electrons. The fourth-order valence-corrected chi connectivity index (χ4v) is 1.99. The molecule has 2 rings (SSSR count). The molecule has 1 saturated carbocycles. The molecule has 0 spiro atoms. The number of aryl methyl sites for hydroxylation is 1. The van der Waals surface area contributed by atoms with E-state index in [0.29, 0.717) is 0 Å². The number of aliphatic hydroxyl groups excluding tert-OH is 1. The van der Waals surface area contributed by atoms with Crippen molar-refractivity contribution in [2.45, 2.75) is 24.7 Å². The summed E-state index contributed by atoms with van der Waals surface area (Å²) in [5.41, 5.74) is 1.21. The Balaban J connectivity index is 2.33. The first kappa shape index (κ1) is 7.80. The van der Waals surface area contributed by atoms with Crippen LogP contribution in [0.3, 0.4) is 0 Å². The van der Waals surface area contributed by atoms with Gasteiger partial charge in [0.1, 0.15) is 0 Å². The highest BCUT2D eigenvalue weighted by atomic mass is 16.3. The van der Waals surface area contributed by atoms with Crippen molar-refractivity contribution >= 4 is 0 Å². The van der Waals surface area contributed by atoms with Crippen LogP contribution in [-0.4, -0.2) is 21.5 Å². The van der Waals surface area contributed by atoms with Crippen LogP contribution in [0.5, 0.6) is 0 Å². The van der Waals surface area contributed by atoms with E-state index in [1.165, 1.54) is 12.1 Å². The predicted octanol–water partition coefficient (Wildman–Crippen LogP) is 0.834. The molecule has 0 bridgehead atoms. The monoisotopic (exact) mass is 166 g/mol. The van der Waals surface area contributed by atoms with Gasteiger partial charge in [-0.25, -0.2) is 0 Å². The fourth-order valence-electron chi connectivity index (χ4n) is 1.99. The topological polar surface area (TPSA) is 38.0 Å². The summed E-state index contributed by atoms with van der Waals surface area (Å²) in [6, 6.07) is 2.01. The lowest BCUT2D eigenvalue weighted by Crippen LogP contribution is -2.39. The SMILES string of the molecule is Cn1nccc1C1(CO)CCC1. The zero-order valence-electron chi connectivity index (χ0n) is 7.32. The van der Waals surface area contributed by atoms with E-state index in [0.717, 1.165) is 12.8 Å². The van der Waals surface area contributed by atoms with E-state index < -0.39 is 0 Å². The molecule has 0 amide bonds. The van der Waals surface area contributed by atoms with Crippen LogP contribution in [0.15, 0.2) is 12.3 Å². The minimum absolute atomic E-state index is 0.0330. The van der Waals surface area contributed by atoms with Gasteiger partial charge in [-0.15, -0.1) is 0 Å². The van der Waals surface area contributed by atoms with E-state index >= 15 is 0 Å². The molecular weight excluding hydrogens is 152 g/mol. The number of hydrogen-bond acceptors (Lipinski definition) is 2. The second-order valence-electron chi connectivity index (χ2n) is 3.63. The van der Waals surface area contributed by atoms with E-state index in [1.807, 2.05) is 17.8 Å². The Morgan fingerprint density at radius 1 is 1.67 bits per heavy atom. The van der Waals surface area contributed by atoms with Gasteiger partial charge in [0.15, 0.2) is 0 Å². The molecule has 1 aromatic heterocycles. The number of nitrogens with zero attached hydrogens (tertiary/aromatic N) is 2. The number of aromatic nitrogens is 2. The molecular formula is C9H14N2O. The Morgan fingerprint density at radius 3 is 2.75 bits per heavy atom. The first-order valence-electron chi connectivity index (χ1n) is 4.38. The summed E-state index contributed by atoms with van der Waals surface area (Å²) in [6.45, 7) is 0.256. The molecule has 0 aliphatic heterocycles. The summed E-state index contributed by atoms with van der Waals surface area (Å²) in [4.78, 5) is 0. The predicted molar refractivity (Wildman–Crippen MR) is 45.8 cm³/mol. The van der Waals surface area contributed by atoms with Gasteiger partial charge in [-0.05, 0) is 18.9 Å². The molecule has 0 aromatic carbocycles. The summed E-state index contributed by atoms with van der Waals surface area (Å²) in [7, 11) is 1.94. The van der Waals surface area contributed by atoms with E-state index in [1.54, 1.807) is 6.20 Å². The Morgan fingerprint density at radius 2 is 2.42 bits per heavy atom. The second kappa shape index (κ2) is 2.59. The highest BCUT2D eigenvalue weighted by Crippen LogP contribution is 2.42. The molecule has 0 unspecified atom stereocenters. The van der Waals surface area contributed by atoms with Crippen LogP contribution in [0.4, 0.5) is 0 Å². The van der Waals surface area contributed by atoms with Gasteiger partial charge >= 0.3 is 0 Å². The second-order valence-corrected chi connectivity index (χ2v) is 3.63. The lowest BCUT2D eigenvalue weighted by Gasteiger charge is -2.40. The van der Waals surface area contributed by atoms with E-state index in [2.05, 4.69) is 5.10 Å². The molecule has 1 aromatic rings. The van der Waals surface area contributed by atoms with Crippen molar-refractivity contribution < 1.29 is 5.11 Å². The van der Waals surface area contributed by atoms with Gasteiger partial charge in [0.25, 0.3) is 0 Å². The molecule has 1 N–H and O–H groups in total. The number of rotatable bonds is 2. The van der Waals surface area contributed by atoms with Gasteiger partial charge in [0.2, 0.25) is 0 Å². The summed E-state index contributed by atoms with van der Waals surface area (Å²) >= 11 is 0. The Bertz CT molecular complexity index is 270. The number of hydrogen-bond donors (Lipinski definition) is 1. The van der Waals surface area contributed by atoms with Crippen molar-refractivity contribution in [1.29, 1.82) is 0 Å². The highest BCUT2D eigenvalue weighted by Gasteiger charge is 2.40. The van der Waals surface area contributed by atoms with Crippen LogP contribution in [0.2, 0.25) is 0 Å². The van der Waals surface area contributed by atoms with Gasteiger partial charge in [-0.2, -0.15) is 5.10 Å². The lowest BCUT2D eigenvalue weighted by molar-refractivity contribution is 0.112. The minimum atomic E-state index is 0.0330. The summed E-state index contributed by atoms with van der Waals surface area (Å²) in [5.74, 6) is 0. The summed E-state index contributed by atoms with van der Waals surface area (Å²) < 4.78 is 1.87. The van der Waals surface area contributed by atoms with Gasteiger partial charge < -0.3 is 5.11 Å². The van der Waals surface area contributed by atoms with Crippen LogP contribution in [0.1, 0.15) is 25.0 Å². The molecule has 1 fully saturated rings. The third-order valence-corrected chi connectivity index (χ3v) is 2.98. The van der Waals surface area contributed by atoms with Crippen molar-refractivity contribution in [1.82, 2.24) is 9.78 Å². The van der Waals surface area contributed by atoms with Crippen LogP contribution in [0.25, 0.3) is 0 Å². The smallest absolute Gasteiger partial charge is 0.0542 e. The van der Waals surface area contributed by atoms with Crippen molar-refractivity contribution in [3.8, 4) is 0 Å². The maximum atomic E-state index is 9.29. The molecule has 3 heteroatoms. The highest BCUT2D eigenvalue weighted by molar-refractivity contribution is 5.19. The quantitative estimate of drug-likeness (QED) is 0.706. The van der Waals surface area contributed by atoms with Crippen LogP contribution < -0.4 is 0 Å². The first-order valence-corrected chi connectivity index (χ1v) is 4.38. The Labute approximate surface area is 72.0 Å². The molecule has 0 radical (unpaired) electrons. The molecule has 0 atom stereocenters. The first-order chi connectivity index (χ1) is 5.78. The molecule has 1 heterocycles. The van der Waals surface area contributed by atoms with Crippen LogP contribution >= 0.6 is 0 Å². The Kier molecular flexibility index (Phi) is 1.68. The van der Waals surface area contributed by atoms with Crippen molar-refractivity contribution in [3.05, 3.63) is 18.0 Å². The molecule has 1 aliphatic carbocycles. The lowest BCUT2D eigenvalue weighted by atomic mass is 9.67. The Hall–Kier alpha value is -0.830. The average Bonchev–Trinajstić information content (AvgIpc) is 2.36. The summed E-state index contributed by atoms with van der Waals surface area (Å²) in [5, 5.41) is 13.4. The fraction of sp³-hybridized carbons (Fsp3) is 0.667. The minimum Gasteiger partial charge on any atom is -0.395 e. The van der Waals surface area contributed by atoms with Gasteiger partial charge in [0.05, 0.1) is 6.61 Å². The summed E-state index contributed by atoms with van der Waals surface area (Å²) in [6.07, 6.45) is 5.23. The third kappa shape index (κ3) is 0.894. The van der Waals surface area contributed by atoms with Gasteiger partial charge in [0, 0.05) is 24.4 Å². The van der Waals surface area contributed by atoms with Gasteiger partial charge in [-0.3, -0.25) is 4.68 Å². The maximum Gasteiger partial charge on any atom is 0.0542 e. The van der Waals surface area contributed by atoms with Crippen LogP contribution in [0, 0.1) is 0 Å². The average molecular weight is 166 g/mol. The normalized spacial score (nSPS) is 20.5. The molecule has 12 heavy (non-hydrogen) atoms. The van der Waals surface area contributed by atoms with Crippen molar-refractivity contribution in [2.75, 3.05) is 6.61 Å². The number of aliphatic hydroxyl groups is 1. The van der Waals surface area contributed by atoms with E-state index in [-0.39, 0.29) is 12.0 Å². The van der Waals surface area contributed by atoms with Crippen LogP contribution in [-0.2, 0) is 12.5 Å². The van der Waals surface area contributed by atoms with Gasteiger partial charge in [-0.1, -0.05) is 6.42 Å². The van der Waals surface area contributed by atoms with E-state index in [9.17, 15) is 5.11 Å². The van der Waals surface area contributed by atoms with Crippen molar-refractivity contribution in [3.63, 3.8) is 0 Å². The van der Waals surface area contributed by atoms with Crippen molar-refractivity contribution in [2.24, 2.45) is 7.05 Å². The van der Waals surface area contributed by atoms with E-state index in [4.69, 9.17) is 0 Å². The standard InChI is InChI=1S/C9H14N2O/c1-11-8(3-6-10-11)9(7-12)4-2-5-9/h3,6,12H,2,4-5,7H2,1H3. The zero-order chi connectivity index (χ0) is 8.60. The largest absolute Gasteiger partial charge is 0.395 e. The maximum absolute atomic E-state index is 9.29. The molecule has 1 aliphatic rings. The molecule has 3 nitrogen and oxygen atoms in total. The zero-order valence-corrected chi connectivity index (χ0v) is 7.32. The third-order valence-electron chi connectivity index (χ3n) is 2.98. The molecule has 0 saturated heterocycles.